The second-order valence-electron chi connectivity index (χ2n) is 8.57. The van der Waals surface area contributed by atoms with Crippen LogP contribution in [0.15, 0.2) is 42.5 Å². The molecular weight excluding hydrogens is 454 g/mol. The van der Waals surface area contributed by atoms with Gasteiger partial charge in [0.15, 0.2) is 6.61 Å². The van der Waals surface area contributed by atoms with Crippen molar-refractivity contribution in [3.05, 3.63) is 53.9 Å². The molecule has 0 saturated carbocycles. The van der Waals surface area contributed by atoms with Gasteiger partial charge < -0.3 is 14.6 Å². The number of rotatable bonds is 8. The molecule has 1 N–H and O–H groups in total. The van der Waals surface area contributed by atoms with E-state index in [1.165, 1.54) is 10.6 Å². The maximum absolute atomic E-state index is 12.4. The number of ether oxygens (including phenoxy) is 1. The van der Waals surface area contributed by atoms with Crippen LogP contribution in [0.2, 0.25) is 0 Å². The van der Waals surface area contributed by atoms with Crippen molar-refractivity contribution in [2.24, 2.45) is 0 Å². The number of benzene rings is 2. The lowest BCUT2D eigenvalue weighted by Crippen LogP contribution is -2.48. The van der Waals surface area contributed by atoms with E-state index in [0.717, 1.165) is 29.0 Å². The van der Waals surface area contributed by atoms with Gasteiger partial charge in [0.2, 0.25) is 10.0 Å². The van der Waals surface area contributed by atoms with E-state index >= 15 is 0 Å². The van der Waals surface area contributed by atoms with Crippen molar-refractivity contribution in [1.82, 2.24) is 18.8 Å². The van der Waals surface area contributed by atoms with Gasteiger partial charge in [-0.25, -0.2) is 13.4 Å². The van der Waals surface area contributed by atoms with Gasteiger partial charge in [0.1, 0.15) is 11.6 Å². The first-order valence-electron chi connectivity index (χ1n) is 11.4. The molecule has 2 aromatic carbocycles. The van der Waals surface area contributed by atoms with Crippen molar-refractivity contribution >= 4 is 32.7 Å². The Kier molecular flexibility index (Phi) is 7.20. The Bertz CT molecular complexity index is 1280. The minimum atomic E-state index is -3.15. The monoisotopic (exact) mass is 485 g/mol. The Morgan fingerprint density at radius 2 is 1.88 bits per heavy atom. The number of carbonyl (C=O) groups excluding carboxylic acids is 1. The molecule has 1 aliphatic rings. The molecular formula is C24H31N5O4S. The van der Waals surface area contributed by atoms with Gasteiger partial charge in [-0.05, 0) is 49.7 Å². The smallest absolute Gasteiger partial charge is 0.262 e. The predicted molar refractivity (Wildman–Crippen MR) is 132 cm³/mol. The number of anilines is 1. The van der Waals surface area contributed by atoms with Gasteiger partial charge in [-0.1, -0.05) is 12.1 Å². The van der Waals surface area contributed by atoms with Crippen LogP contribution in [-0.4, -0.2) is 72.1 Å². The largest absolute Gasteiger partial charge is 0.484 e. The Hall–Kier alpha value is -2.95. The Morgan fingerprint density at radius 1 is 1.12 bits per heavy atom. The van der Waals surface area contributed by atoms with Crippen molar-refractivity contribution in [1.29, 1.82) is 0 Å². The van der Waals surface area contributed by atoms with Gasteiger partial charge in [0.25, 0.3) is 5.91 Å². The van der Waals surface area contributed by atoms with E-state index in [1.54, 1.807) is 0 Å². The average molecular weight is 486 g/mol. The molecule has 3 aromatic rings. The molecule has 1 aliphatic heterocycles. The predicted octanol–water partition coefficient (Wildman–Crippen LogP) is 2.46. The molecule has 0 spiro atoms. The first-order chi connectivity index (χ1) is 16.2. The Morgan fingerprint density at radius 3 is 2.56 bits per heavy atom. The summed E-state index contributed by atoms with van der Waals surface area (Å²) in [7, 11) is -3.15. The molecule has 0 atom stereocenters. The summed E-state index contributed by atoms with van der Waals surface area (Å²) in [5.41, 5.74) is 3.55. The van der Waals surface area contributed by atoms with Crippen LogP contribution < -0.4 is 10.1 Å². The van der Waals surface area contributed by atoms with Gasteiger partial charge in [-0.2, -0.15) is 4.31 Å². The zero-order chi connectivity index (χ0) is 24.3. The summed E-state index contributed by atoms with van der Waals surface area (Å²) in [4.78, 5) is 19.4. The summed E-state index contributed by atoms with van der Waals surface area (Å²) < 4.78 is 32.8. The highest BCUT2D eigenvalue weighted by Crippen LogP contribution is 2.22. The molecule has 1 amide bonds. The lowest BCUT2D eigenvalue weighted by molar-refractivity contribution is -0.118. The zero-order valence-corrected chi connectivity index (χ0v) is 20.6. The average Bonchev–Trinajstić information content (AvgIpc) is 3.13. The second-order valence-corrected chi connectivity index (χ2v) is 10.5. The van der Waals surface area contributed by atoms with Crippen LogP contribution in [0.25, 0.3) is 11.0 Å². The number of sulfonamides is 1. The molecule has 1 saturated heterocycles. The standard InChI is InChI=1S/C24H31N5O4S/c1-4-29-22-9-8-19(25-24(30)17-33-20-7-5-6-18(2)14-20)15-21(22)26-23(29)16-27-10-12-28(13-11-27)34(3,31)32/h5-9,14-15H,4,10-13,16-17H2,1-3H3,(H,25,30). The van der Waals surface area contributed by atoms with Crippen LogP contribution in [0.4, 0.5) is 5.69 Å². The first-order valence-corrected chi connectivity index (χ1v) is 13.2. The molecule has 2 heterocycles. The maximum atomic E-state index is 12.4. The van der Waals surface area contributed by atoms with Crippen LogP contribution in [0.1, 0.15) is 18.3 Å². The van der Waals surface area contributed by atoms with Crippen molar-refractivity contribution in [2.45, 2.75) is 26.9 Å². The lowest BCUT2D eigenvalue weighted by atomic mass is 10.2. The van der Waals surface area contributed by atoms with Crippen LogP contribution in [0.5, 0.6) is 5.75 Å². The van der Waals surface area contributed by atoms with Crippen molar-refractivity contribution in [3.8, 4) is 5.75 Å². The summed E-state index contributed by atoms with van der Waals surface area (Å²) in [6, 6.07) is 13.3. The SMILES string of the molecule is CCn1c(CN2CCN(S(C)(=O)=O)CC2)nc2cc(NC(=O)COc3cccc(C)c3)ccc21. The summed E-state index contributed by atoms with van der Waals surface area (Å²) in [5, 5.41) is 2.88. The van der Waals surface area contributed by atoms with Gasteiger partial charge in [0, 0.05) is 38.4 Å². The third-order valence-electron chi connectivity index (χ3n) is 5.95. The molecule has 1 fully saturated rings. The number of nitrogens with one attached hydrogen (secondary N) is 1. The third kappa shape index (κ3) is 5.75. The van der Waals surface area contributed by atoms with E-state index in [1.807, 2.05) is 49.4 Å². The van der Waals surface area contributed by atoms with E-state index in [0.29, 0.717) is 44.2 Å². The summed E-state index contributed by atoms with van der Waals surface area (Å²) >= 11 is 0. The minimum absolute atomic E-state index is 0.0738. The summed E-state index contributed by atoms with van der Waals surface area (Å²) in [6.45, 7) is 7.71. The number of aryl methyl sites for hydroxylation is 2. The number of hydrogen-bond acceptors (Lipinski definition) is 6. The fraction of sp³-hybridized carbons (Fsp3) is 0.417. The molecule has 0 bridgehead atoms. The van der Waals surface area contributed by atoms with Crippen molar-refractivity contribution in [3.63, 3.8) is 0 Å². The fourth-order valence-electron chi connectivity index (χ4n) is 4.20. The number of carbonyl (C=O) groups is 1. The van der Waals surface area contributed by atoms with Crippen molar-refractivity contribution in [2.75, 3.05) is 44.4 Å². The van der Waals surface area contributed by atoms with Gasteiger partial charge >= 0.3 is 0 Å². The van der Waals surface area contributed by atoms with Crippen molar-refractivity contribution < 1.29 is 17.9 Å². The number of nitrogens with zero attached hydrogens (tertiary/aromatic N) is 4. The van der Waals surface area contributed by atoms with Crippen LogP contribution in [0, 0.1) is 6.92 Å². The first kappa shape index (κ1) is 24.2. The molecule has 10 heteroatoms. The Labute approximate surface area is 200 Å². The molecule has 182 valence electrons. The third-order valence-corrected chi connectivity index (χ3v) is 7.26. The van der Waals surface area contributed by atoms with Crippen LogP contribution >= 0.6 is 0 Å². The lowest BCUT2D eigenvalue weighted by Gasteiger charge is -2.32. The molecule has 0 radical (unpaired) electrons. The highest BCUT2D eigenvalue weighted by atomic mass is 32.2. The molecule has 9 nitrogen and oxygen atoms in total. The molecule has 34 heavy (non-hydrogen) atoms. The number of fused-ring (bicyclic) bond motifs is 1. The van der Waals surface area contributed by atoms with E-state index < -0.39 is 10.0 Å². The Balaban J connectivity index is 1.41. The van der Waals surface area contributed by atoms with E-state index in [2.05, 4.69) is 21.7 Å². The van der Waals surface area contributed by atoms with Gasteiger partial charge in [-0.3, -0.25) is 9.69 Å². The highest BCUT2D eigenvalue weighted by Gasteiger charge is 2.24. The quantitative estimate of drug-likeness (QED) is 0.527. The van der Waals surface area contributed by atoms with Crippen LogP contribution in [-0.2, 0) is 27.9 Å². The number of aromatic nitrogens is 2. The number of imidazole rings is 1. The molecule has 1 aromatic heterocycles. The maximum Gasteiger partial charge on any atom is 0.262 e. The molecule has 0 aliphatic carbocycles. The van der Waals surface area contributed by atoms with E-state index in [4.69, 9.17) is 9.72 Å². The van der Waals surface area contributed by atoms with E-state index in [-0.39, 0.29) is 12.5 Å². The normalized spacial score (nSPS) is 15.5. The summed E-state index contributed by atoms with van der Waals surface area (Å²) in [5.74, 6) is 1.35. The zero-order valence-electron chi connectivity index (χ0n) is 19.8. The number of piperazine rings is 1. The summed E-state index contributed by atoms with van der Waals surface area (Å²) in [6.07, 6.45) is 1.25. The number of hydrogen-bond donors (Lipinski definition) is 1. The van der Waals surface area contributed by atoms with Gasteiger partial charge in [0.05, 0.1) is 23.8 Å². The topological polar surface area (TPSA) is 96.8 Å². The molecule has 0 unspecified atom stereocenters. The fourth-order valence-corrected chi connectivity index (χ4v) is 5.03. The molecule has 4 rings (SSSR count). The van der Waals surface area contributed by atoms with Gasteiger partial charge in [-0.15, -0.1) is 0 Å². The van der Waals surface area contributed by atoms with E-state index in [9.17, 15) is 13.2 Å². The van der Waals surface area contributed by atoms with Crippen LogP contribution in [0.3, 0.4) is 0 Å². The number of amides is 1. The minimum Gasteiger partial charge on any atom is -0.484 e. The second kappa shape index (κ2) is 10.1. The highest BCUT2D eigenvalue weighted by molar-refractivity contribution is 7.88.